The zero-order valence-corrected chi connectivity index (χ0v) is 12.6. The number of hydrogen-bond acceptors (Lipinski definition) is 2. The Labute approximate surface area is 127 Å². The van der Waals surface area contributed by atoms with E-state index in [9.17, 15) is 0 Å². The first-order valence-corrected chi connectivity index (χ1v) is 7.72. The van der Waals surface area contributed by atoms with Crippen LogP contribution in [-0.4, -0.2) is 19.3 Å². The fourth-order valence-corrected chi connectivity index (χ4v) is 2.91. The molecule has 0 N–H and O–H groups in total. The van der Waals surface area contributed by atoms with Crippen LogP contribution in [0.3, 0.4) is 0 Å². The van der Waals surface area contributed by atoms with Gasteiger partial charge in [-0.3, -0.25) is 4.99 Å². The second kappa shape index (κ2) is 6.57. The van der Waals surface area contributed by atoms with Gasteiger partial charge in [0.1, 0.15) is 0 Å². The molecule has 1 aliphatic rings. The molecule has 1 aliphatic heterocycles. The standard InChI is InChI=1S/C19H22N2/c1-16-13-18(9-10-19(16)21-11-5-6-12-21)15-20-14-17-7-3-2-4-8-17/h2-4,7-10,13,15H,5-6,11-12,14H2,1H3. The molecule has 2 nitrogen and oxygen atoms in total. The van der Waals surface area contributed by atoms with Crippen molar-refractivity contribution in [3.8, 4) is 0 Å². The van der Waals surface area contributed by atoms with Gasteiger partial charge in [-0.05, 0) is 48.6 Å². The van der Waals surface area contributed by atoms with Gasteiger partial charge in [-0.25, -0.2) is 0 Å². The molecule has 2 aromatic carbocycles. The van der Waals surface area contributed by atoms with Gasteiger partial charge in [-0.1, -0.05) is 36.4 Å². The normalized spacial score (nSPS) is 15.0. The molecule has 0 aromatic heterocycles. The highest BCUT2D eigenvalue weighted by Gasteiger charge is 2.13. The zero-order chi connectivity index (χ0) is 14.5. The first-order chi connectivity index (χ1) is 10.3. The Morgan fingerprint density at radius 1 is 1.05 bits per heavy atom. The van der Waals surface area contributed by atoms with Crippen LogP contribution in [0.25, 0.3) is 0 Å². The lowest BCUT2D eigenvalue weighted by atomic mass is 10.1. The van der Waals surface area contributed by atoms with Crippen LogP contribution in [0.1, 0.15) is 29.5 Å². The molecule has 108 valence electrons. The maximum atomic E-state index is 4.54. The van der Waals surface area contributed by atoms with Gasteiger partial charge in [0, 0.05) is 25.0 Å². The summed E-state index contributed by atoms with van der Waals surface area (Å²) in [5, 5.41) is 0. The Bertz CT molecular complexity index is 611. The van der Waals surface area contributed by atoms with E-state index in [2.05, 4.69) is 59.3 Å². The summed E-state index contributed by atoms with van der Waals surface area (Å²) in [5.74, 6) is 0. The van der Waals surface area contributed by atoms with Crippen molar-refractivity contribution >= 4 is 11.9 Å². The van der Waals surface area contributed by atoms with E-state index in [-0.39, 0.29) is 0 Å². The van der Waals surface area contributed by atoms with Crippen molar-refractivity contribution in [2.24, 2.45) is 4.99 Å². The van der Waals surface area contributed by atoms with E-state index in [0.717, 1.165) is 6.54 Å². The molecule has 1 heterocycles. The van der Waals surface area contributed by atoms with E-state index in [4.69, 9.17) is 0 Å². The third-order valence-corrected chi connectivity index (χ3v) is 4.02. The summed E-state index contributed by atoms with van der Waals surface area (Å²) in [7, 11) is 0. The average Bonchev–Trinajstić information content (AvgIpc) is 3.02. The van der Waals surface area contributed by atoms with E-state index in [1.54, 1.807) is 0 Å². The number of anilines is 1. The van der Waals surface area contributed by atoms with Crippen molar-refractivity contribution in [3.63, 3.8) is 0 Å². The number of benzene rings is 2. The van der Waals surface area contributed by atoms with E-state index < -0.39 is 0 Å². The van der Waals surface area contributed by atoms with Crippen LogP contribution in [0.15, 0.2) is 53.5 Å². The molecule has 0 atom stereocenters. The molecule has 0 saturated carbocycles. The summed E-state index contributed by atoms with van der Waals surface area (Å²) in [6.07, 6.45) is 4.62. The summed E-state index contributed by atoms with van der Waals surface area (Å²) in [6.45, 7) is 5.33. The highest BCUT2D eigenvalue weighted by Crippen LogP contribution is 2.24. The van der Waals surface area contributed by atoms with E-state index in [0.29, 0.717) is 0 Å². The molecule has 2 aromatic rings. The van der Waals surface area contributed by atoms with Gasteiger partial charge in [-0.15, -0.1) is 0 Å². The second-order valence-electron chi connectivity index (χ2n) is 5.70. The molecule has 1 saturated heterocycles. The maximum absolute atomic E-state index is 4.54. The molecule has 0 radical (unpaired) electrons. The highest BCUT2D eigenvalue weighted by atomic mass is 15.1. The molecular formula is C19H22N2. The topological polar surface area (TPSA) is 15.6 Å². The second-order valence-corrected chi connectivity index (χ2v) is 5.70. The van der Waals surface area contributed by atoms with Crippen molar-refractivity contribution in [3.05, 3.63) is 65.2 Å². The molecule has 21 heavy (non-hydrogen) atoms. The zero-order valence-electron chi connectivity index (χ0n) is 12.6. The molecular weight excluding hydrogens is 256 g/mol. The summed E-state index contributed by atoms with van der Waals surface area (Å²) in [5.41, 5.74) is 5.17. The molecule has 3 rings (SSSR count). The Morgan fingerprint density at radius 3 is 2.52 bits per heavy atom. The number of aryl methyl sites for hydroxylation is 1. The predicted molar refractivity (Wildman–Crippen MR) is 90.4 cm³/mol. The minimum absolute atomic E-state index is 0.744. The summed E-state index contributed by atoms with van der Waals surface area (Å²) in [4.78, 5) is 7.03. The number of aliphatic imine (C=N–C) groups is 1. The molecule has 0 bridgehead atoms. The van der Waals surface area contributed by atoms with Crippen LogP contribution < -0.4 is 4.90 Å². The van der Waals surface area contributed by atoms with Crippen molar-refractivity contribution in [1.29, 1.82) is 0 Å². The van der Waals surface area contributed by atoms with E-state index >= 15 is 0 Å². The number of nitrogens with zero attached hydrogens (tertiary/aromatic N) is 2. The maximum Gasteiger partial charge on any atom is 0.0639 e. The van der Waals surface area contributed by atoms with Crippen molar-refractivity contribution in [2.45, 2.75) is 26.3 Å². The number of hydrogen-bond donors (Lipinski definition) is 0. The first kappa shape index (κ1) is 13.9. The van der Waals surface area contributed by atoms with Crippen molar-refractivity contribution in [2.75, 3.05) is 18.0 Å². The van der Waals surface area contributed by atoms with Crippen LogP contribution in [-0.2, 0) is 6.54 Å². The predicted octanol–water partition coefficient (Wildman–Crippen LogP) is 4.21. The molecule has 0 spiro atoms. The SMILES string of the molecule is Cc1cc(C=NCc2ccccc2)ccc1N1CCCC1. The van der Waals surface area contributed by atoms with Gasteiger partial charge in [0.2, 0.25) is 0 Å². The van der Waals surface area contributed by atoms with Gasteiger partial charge >= 0.3 is 0 Å². The third kappa shape index (κ3) is 3.52. The van der Waals surface area contributed by atoms with Gasteiger partial charge < -0.3 is 4.90 Å². The lowest BCUT2D eigenvalue weighted by Crippen LogP contribution is -2.18. The molecule has 1 fully saturated rings. The van der Waals surface area contributed by atoms with E-state index in [1.165, 1.54) is 48.3 Å². The Morgan fingerprint density at radius 2 is 1.81 bits per heavy atom. The summed E-state index contributed by atoms with van der Waals surface area (Å²) >= 11 is 0. The van der Waals surface area contributed by atoms with Crippen LogP contribution >= 0.6 is 0 Å². The molecule has 2 heteroatoms. The van der Waals surface area contributed by atoms with Crippen LogP contribution in [0, 0.1) is 6.92 Å². The molecule has 0 unspecified atom stereocenters. The quantitative estimate of drug-likeness (QED) is 0.765. The fraction of sp³-hybridized carbons (Fsp3) is 0.316. The van der Waals surface area contributed by atoms with Gasteiger partial charge in [-0.2, -0.15) is 0 Å². The Balaban J connectivity index is 1.67. The van der Waals surface area contributed by atoms with E-state index in [1.807, 2.05) is 12.3 Å². The smallest absolute Gasteiger partial charge is 0.0639 e. The minimum Gasteiger partial charge on any atom is -0.371 e. The average molecular weight is 278 g/mol. The summed E-state index contributed by atoms with van der Waals surface area (Å²) in [6, 6.07) is 17.0. The first-order valence-electron chi connectivity index (χ1n) is 7.72. The minimum atomic E-state index is 0.744. The van der Waals surface area contributed by atoms with Crippen molar-refractivity contribution < 1.29 is 0 Å². The summed E-state index contributed by atoms with van der Waals surface area (Å²) < 4.78 is 0. The lowest BCUT2D eigenvalue weighted by Gasteiger charge is -2.20. The van der Waals surface area contributed by atoms with Gasteiger partial charge in [0.15, 0.2) is 0 Å². The Kier molecular flexibility index (Phi) is 4.34. The van der Waals surface area contributed by atoms with Gasteiger partial charge in [0.25, 0.3) is 0 Å². The van der Waals surface area contributed by atoms with Crippen LogP contribution in [0.5, 0.6) is 0 Å². The fourth-order valence-electron chi connectivity index (χ4n) is 2.91. The monoisotopic (exact) mass is 278 g/mol. The third-order valence-electron chi connectivity index (χ3n) is 4.02. The van der Waals surface area contributed by atoms with Crippen molar-refractivity contribution in [1.82, 2.24) is 0 Å². The van der Waals surface area contributed by atoms with Crippen LogP contribution in [0.4, 0.5) is 5.69 Å². The number of rotatable bonds is 4. The largest absolute Gasteiger partial charge is 0.371 e. The highest BCUT2D eigenvalue weighted by molar-refractivity contribution is 5.81. The molecule has 0 amide bonds. The van der Waals surface area contributed by atoms with Gasteiger partial charge in [0.05, 0.1) is 6.54 Å². The Hall–Kier alpha value is -2.09. The lowest BCUT2D eigenvalue weighted by molar-refractivity contribution is 0.949. The van der Waals surface area contributed by atoms with Crippen LogP contribution in [0.2, 0.25) is 0 Å². The molecule has 0 aliphatic carbocycles.